The summed E-state index contributed by atoms with van der Waals surface area (Å²) in [5.41, 5.74) is 0. The van der Waals surface area contributed by atoms with E-state index in [0.717, 1.165) is 25.3 Å². The molecular formula is C18H32N2O. The number of ketones is 1. The SMILES string of the molecule is CN1CCCCC1CCN1CCCC1C1CCCCC1=O. The van der Waals surface area contributed by atoms with Crippen molar-refractivity contribution in [2.24, 2.45) is 5.92 Å². The Kier molecular flexibility index (Phi) is 5.33. The second-order valence-electron chi connectivity index (χ2n) is 7.48. The summed E-state index contributed by atoms with van der Waals surface area (Å²) in [5, 5.41) is 0. The molecule has 3 heteroatoms. The van der Waals surface area contributed by atoms with Gasteiger partial charge in [-0.3, -0.25) is 9.69 Å². The summed E-state index contributed by atoms with van der Waals surface area (Å²) >= 11 is 0. The zero-order valence-corrected chi connectivity index (χ0v) is 13.7. The summed E-state index contributed by atoms with van der Waals surface area (Å²) in [5.74, 6) is 0.929. The molecule has 2 heterocycles. The monoisotopic (exact) mass is 292 g/mol. The van der Waals surface area contributed by atoms with Crippen LogP contribution in [-0.4, -0.2) is 54.3 Å². The van der Waals surface area contributed by atoms with Crippen molar-refractivity contribution in [3.05, 3.63) is 0 Å². The number of nitrogens with zero attached hydrogens (tertiary/aromatic N) is 2. The lowest BCUT2D eigenvalue weighted by molar-refractivity contribution is -0.126. The minimum absolute atomic E-state index is 0.366. The van der Waals surface area contributed by atoms with E-state index >= 15 is 0 Å². The molecule has 3 nitrogen and oxygen atoms in total. The van der Waals surface area contributed by atoms with Crippen molar-refractivity contribution in [1.29, 1.82) is 0 Å². The van der Waals surface area contributed by atoms with Crippen molar-refractivity contribution in [3.63, 3.8) is 0 Å². The molecule has 2 saturated heterocycles. The molecule has 0 spiro atoms. The molecule has 1 saturated carbocycles. The first kappa shape index (κ1) is 15.5. The minimum atomic E-state index is 0.366. The molecule has 2 aliphatic heterocycles. The van der Waals surface area contributed by atoms with Crippen LogP contribution in [0, 0.1) is 5.92 Å². The van der Waals surface area contributed by atoms with Crippen molar-refractivity contribution in [2.75, 3.05) is 26.7 Å². The van der Waals surface area contributed by atoms with E-state index in [1.165, 1.54) is 64.6 Å². The number of carbonyl (C=O) groups is 1. The molecule has 21 heavy (non-hydrogen) atoms. The van der Waals surface area contributed by atoms with Crippen LogP contribution in [0.3, 0.4) is 0 Å². The lowest BCUT2D eigenvalue weighted by atomic mass is 9.81. The van der Waals surface area contributed by atoms with Crippen molar-refractivity contribution in [2.45, 2.75) is 76.3 Å². The van der Waals surface area contributed by atoms with E-state index in [1.54, 1.807) is 0 Å². The van der Waals surface area contributed by atoms with E-state index < -0.39 is 0 Å². The summed E-state index contributed by atoms with van der Waals surface area (Å²) < 4.78 is 0. The van der Waals surface area contributed by atoms with Gasteiger partial charge >= 0.3 is 0 Å². The summed E-state index contributed by atoms with van der Waals surface area (Å²) in [4.78, 5) is 17.5. The zero-order chi connectivity index (χ0) is 14.7. The van der Waals surface area contributed by atoms with Crippen LogP contribution in [0.1, 0.15) is 64.2 Å². The molecule has 120 valence electrons. The van der Waals surface area contributed by atoms with E-state index in [0.29, 0.717) is 17.7 Å². The molecule has 1 aliphatic carbocycles. The smallest absolute Gasteiger partial charge is 0.137 e. The van der Waals surface area contributed by atoms with Gasteiger partial charge in [-0.25, -0.2) is 0 Å². The molecule has 0 radical (unpaired) electrons. The highest BCUT2D eigenvalue weighted by Gasteiger charge is 2.36. The summed E-state index contributed by atoms with van der Waals surface area (Å²) in [6.07, 6.45) is 12.4. The van der Waals surface area contributed by atoms with Gasteiger partial charge in [0, 0.05) is 24.4 Å². The van der Waals surface area contributed by atoms with E-state index in [4.69, 9.17) is 0 Å². The molecule has 3 fully saturated rings. The normalized spacial score (nSPS) is 36.2. The third-order valence-electron chi connectivity index (χ3n) is 6.15. The molecule has 0 aromatic rings. The third kappa shape index (κ3) is 3.68. The van der Waals surface area contributed by atoms with Crippen LogP contribution in [0.5, 0.6) is 0 Å². The van der Waals surface area contributed by atoms with Crippen LogP contribution in [0.4, 0.5) is 0 Å². The maximum atomic E-state index is 12.2. The highest BCUT2D eigenvalue weighted by Crippen LogP contribution is 2.32. The number of Topliss-reactive ketones (excluding diaryl/α,β-unsaturated/α-hetero) is 1. The molecular weight excluding hydrogens is 260 g/mol. The molecule has 0 aromatic carbocycles. The molecule has 3 atom stereocenters. The Bertz CT molecular complexity index is 357. The summed E-state index contributed by atoms with van der Waals surface area (Å²) in [6.45, 7) is 3.71. The van der Waals surface area contributed by atoms with Crippen LogP contribution in [-0.2, 0) is 4.79 Å². The summed E-state index contributed by atoms with van der Waals surface area (Å²) in [7, 11) is 2.29. The highest BCUT2D eigenvalue weighted by atomic mass is 16.1. The average Bonchev–Trinajstić information content (AvgIpc) is 2.95. The standard InChI is InChI=1S/C18H32N2O/c1-19-12-5-4-7-15(19)11-14-20-13-6-9-17(20)16-8-2-3-10-18(16)21/h15-17H,2-14H2,1H3. The quantitative estimate of drug-likeness (QED) is 0.795. The molecule has 0 amide bonds. The zero-order valence-electron chi connectivity index (χ0n) is 13.7. The van der Waals surface area contributed by atoms with E-state index in [1.807, 2.05) is 0 Å². The fourth-order valence-corrected chi connectivity index (χ4v) is 4.83. The van der Waals surface area contributed by atoms with Crippen molar-refractivity contribution < 1.29 is 4.79 Å². The Hall–Kier alpha value is -0.410. The van der Waals surface area contributed by atoms with Gasteiger partial charge < -0.3 is 4.90 Å². The maximum Gasteiger partial charge on any atom is 0.137 e. The predicted octanol–water partition coefficient (Wildman–Crippen LogP) is 3.08. The van der Waals surface area contributed by atoms with Gasteiger partial charge in [-0.2, -0.15) is 0 Å². The number of hydrogen-bond acceptors (Lipinski definition) is 3. The highest BCUT2D eigenvalue weighted by molar-refractivity contribution is 5.82. The molecule has 0 aromatic heterocycles. The second kappa shape index (κ2) is 7.23. The Morgan fingerprint density at radius 2 is 1.86 bits per heavy atom. The van der Waals surface area contributed by atoms with Crippen LogP contribution < -0.4 is 0 Å². The Labute approximate surface area is 130 Å². The van der Waals surface area contributed by atoms with Gasteiger partial charge in [0.1, 0.15) is 5.78 Å². The molecule has 3 aliphatic rings. The average molecular weight is 292 g/mol. The number of likely N-dealkylation sites (tertiary alicyclic amines) is 2. The Balaban J connectivity index is 1.53. The largest absolute Gasteiger partial charge is 0.303 e. The van der Waals surface area contributed by atoms with Gasteiger partial charge in [-0.1, -0.05) is 12.8 Å². The van der Waals surface area contributed by atoms with Crippen LogP contribution in [0.2, 0.25) is 0 Å². The van der Waals surface area contributed by atoms with E-state index in [2.05, 4.69) is 16.8 Å². The van der Waals surface area contributed by atoms with Crippen LogP contribution in [0.15, 0.2) is 0 Å². The van der Waals surface area contributed by atoms with Gasteiger partial charge in [0.15, 0.2) is 0 Å². The Morgan fingerprint density at radius 1 is 1.00 bits per heavy atom. The first-order valence-electron chi connectivity index (χ1n) is 9.22. The molecule has 3 rings (SSSR count). The maximum absolute atomic E-state index is 12.2. The molecule has 0 bridgehead atoms. The third-order valence-corrected chi connectivity index (χ3v) is 6.15. The van der Waals surface area contributed by atoms with E-state index in [-0.39, 0.29) is 0 Å². The number of carbonyl (C=O) groups excluding carboxylic acids is 1. The second-order valence-corrected chi connectivity index (χ2v) is 7.48. The van der Waals surface area contributed by atoms with Crippen molar-refractivity contribution >= 4 is 5.78 Å². The van der Waals surface area contributed by atoms with Crippen LogP contribution >= 0.6 is 0 Å². The first-order chi connectivity index (χ1) is 10.3. The minimum Gasteiger partial charge on any atom is -0.303 e. The molecule has 3 unspecified atom stereocenters. The van der Waals surface area contributed by atoms with Gasteiger partial charge in [0.2, 0.25) is 0 Å². The number of hydrogen-bond donors (Lipinski definition) is 0. The number of piperidine rings is 1. The predicted molar refractivity (Wildman–Crippen MR) is 86.4 cm³/mol. The molecule has 0 N–H and O–H groups in total. The van der Waals surface area contributed by atoms with Gasteiger partial charge in [-0.05, 0) is 71.6 Å². The fraction of sp³-hybridized carbons (Fsp3) is 0.944. The number of rotatable bonds is 4. The van der Waals surface area contributed by atoms with Crippen molar-refractivity contribution in [1.82, 2.24) is 9.80 Å². The summed E-state index contributed by atoms with van der Waals surface area (Å²) in [6, 6.07) is 1.36. The lowest BCUT2D eigenvalue weighted by Gasteiger charge is -2.36. The van der Waals surface area contributed by atoms with Gasteiger partial charge in [-0.15, -0.1) is 0 Å². The van der Waals surface area contributed by atoms with Crippen LogP contribution in [0.25, 0.3) is 0 Å². The Morgan fingerprint density at radius 3 is 2.67 bits per heavy atom. The van der Waals surface area contributed by atoms with Crippen molar-refractivity contribution in [3.8, 4) is 0 Å². The fourth-order valence-electron chi connectivity index (χ4n) is 4.83. The van der Waals surface area contributed by atoms with E-state index in [9.17, 15) is 4.79 Å². The topological polar surface area (TPSA) is 23.6 Å². The van der Waals surface area contributed by atoms with Gasteiger partial charge in [0.25, 0.3) is 0 Å². The van der Waals surface area contributed by atoms with Gasteiger partial charge in [0.05, 0.1) is 0 Å². The first-order valence-corrected chi connectivity index (χ1v) is 9.22. The lowest BCUT2D eigenvalue weighted by Crippen LogP contribution is -2.43.